The summed E-state index contributed by atoms with van der Waals surface area (Å²) in [5.41, 5.74) is 2.27. The number of piperidine rings is 1. The average molecular weight is 256 g/mol. The molecule has 2 nitrogen and oxygen atoms in total. The maximum atomic E-state index is 10.4. The summed E-state index contributed by atoms with van der Waals surface area (Å²) in [4.78, 5) is 0. The van der Waals surface area contributed by atoms with Crippen molar-refractivity contribution >= 4 is 12.4 Å². The van der Waals surface area contributed by atoms with Crippen molar-refractivity contribution in [3.05, 3.63) is 35.4 Å². The van der Waals surface area contributed by atoms with Crippen LogP contribution in [0.1, 0.15) is 30.4 Å². The van der Waals surface area contributed by atoms with Gasteiger partial charge in [-0.15, -0.1) is 12.4 Å². The van der Waals surface area contributed by atoms with Crippen molar-refractivity contribution in [2.75, 3.05) is 13.1 Å². The standard InChI is InChI=1S/C14H21NO.ClH/c1-12-4-2-3-5-13(12)6-7-14(16)8-10-15-11-9-14;/h2-5,15-16H,6-11H2,1H3;1H. The van der Waals surface area contributed by atoms with Crippen molar-refractivity contribution in [1.29, 1.82) is 0 Å². The Hall–Kier alpha value is -0.570. The van der Waals surface area contributed by atoms with Gasteiger partial charge in [0.2, 0.25) is 0 Å². The monoisotopic (exact) mass is 255 g/mol. The predicted octanol–water partition coefficient (Wildman–Crippen LogP) is 2.46. The van der Waals surface area contributed by atoms with Gasteiger partial charge >= 0.3 is 0 Å². The predicted molar refractivity (Wildman–Crippen MR) is 73.8 cm³/mol. The number of rotatable bonds is 3. The lowest BCUT2D eigenvalue weighted by molar-refractivity contribution is 0.00279. The van der Waals surface area contributed by atoms with E-state index in [1.54, 1.807) is 0 Å². The van der Waals surface area contributed by atoms with E-state index in [1.807, 2.05) is 0 Å². The molecule has 1 aliphatic rings. The van der Waals surface area contributed by atoms with Gasteiger partial charge in [0.05, 0.1) is 5.60 Å². The molecule has 3 heteroatoms. The zero-order valence-electron chi connectivity index (χ0n) is 10.4. The molecule has 0 unspecified atom stereocenters. The van der Waals surface area contributed by atoms with E-state index in [9.17, 15) is 5.11 Å². The molecule has 0 spiro atoms. The maximum Gasteiger partial charge on any atom is 0.0675 e. The second kappa shape index (κ2) is 6.39. The normalized spacial score (nSPS) is 18.5. The first-order valence-corrected chi connectivity index (χ1v) is 6.17. The van der Waals surface area contributed by atoms with E-state index < -0.39 is 5.60 Å². The molecule has 0 radical (unpaired) electrons. The molecule has 17 heavy (non-hydrogen) atoms. The molecule has 0 saturated carbocycles. The van der Waals surface area contributed by atoms with Gasteiger partial charge in [-0.25, -0.2) is 0 Å². The van der Waals surface area contributed by atoms with Crippen LogP contribution in [0.5, 0.6) is 0 Å². The first kappa shape index (κ1) is 14.5. The molecule has 2 rings (SSSR count). The number of hydrogen-bond acceptors (Lipinski definition) is 2. The van der Waals surface area contributed by atoms with E-state index in [1.165, 1.54) is 11.1 Å². The number of aryl methyl sites for hydroxylation is 2. The summed E-state index contributed by atoms with van der Waals surface area (Å²) in [6, 6.07) is 8.45. The van der Waals surface area contributed by atoms with Gasteiger partial charge in [-0.3, -0.25) is 0 Å². The summed E-state index contributed by atoms with van der Waals surface area (Å²) in [7, 11) is 0. The lowest BCUT2D eigenvalue weighted by Crippen LogP contribution is -2.42. The molecule has 1 heterocycles. The van der Waals surface area contributed by atoms with E-state index >= 15 is 0 Å². The first-order chi connectivity index (χ1) is 7.70. The molecule has 1 aliphatic heterocycles. The van der Waals surface area contributed by atoms with Gasteiger partial charge in [0.1, 0.15) is 0 Å². The minimum Gasteiger partial charge on any atom is -0.390 e. The van der Waals surface area contributed by atoms with Gasteiger partial charge in [-0.05, 0) is 56.8 Å². The summed E-state index contributed by atoms with van der Waals surface area (Å²) < 4.78 is 0. The van der Waals surface area contributed by atoms with Crippen LogP contribution in [0.2, 0.25) is 0 Å². The van der Waals surface area contributed by atoms with Crippen molar-refractivity contribution in [2.24, 2.45) is 0 Å². The highest BCUT2D eigenvalue weighted by Gasteiger charge is 2.28. The van der Waals surface area contributed by atoms with Crippen molar-refractivity contribution < 1.29 is 5.11 Å². The third-order valence-electron chi connectivity index (χ3n) is 3.66. The van der Waals surface area contributed by atoms with E-state index in [-0.39, 0.29) is 12.4 Å². The minimum atomic E-state index is -0.437. The maximum absolute atomic E-state index is 10.4. The summed E-state index contributed by atoms with van der Waals surface area (Å²) in [6.07, 6.45) is 3.65. The highest BCUT2D eigenvalue weighted by Crippen LogP contribution is 2.24. The number of halogens is 1. The fraction of sp³-hybridized carbons (Fsp3) is 0.571. The summed E-state index contributed by atoms with van der Waals surface area (Å²) in [5.74, 6) is 0. The fourth-order valence-corrected chi connectivity index (χ4v) is 2.40. The topological polar surface area (TPSA) is 32.3 Å². The molecule has 96 valence electrons. The van der Waals surface area contributed by atoms with Crippen molar-refractivity contribution in [3.63, 3.8) is 0 Å². The molecule has 0 aliphatic carbocycles. The van der Waals surface area contributed by atoms with Crippen molar-refractivity contribution in [3.8, 4) is 0 Å². The Bertz CT molecular complexity index is 348. The average Bonchev–Trinajstić information content (AvgIpc) is 2.29. The third kappa shape index (κ3) is 3.98. The van der Waals surface area contributed by atoms with Gasteiger partial charge in [0.15, 0.2) is 0 Å². The van der Waals surface area contributed by atoms with Gasteiger partial charge in [-0.2, -0.15) is 0 Å². The molecular formula is C14H22ClNO. The molecule has 2 N–H and O–H groups in total. The lowest BCUT2D eigenvalue weighted by atomic mass is 9.86. The number of nitrogens with one attached hydrogen (secondary N) is 1. The Balaban J connectivity index is 0.00000144. The fourth-order valence-electron chi connectivity index (χ4n) is 2.40. The number of benzene rings is 1. The van der Waals surface area contributed by atoms with E-state index in [0.29, 0.717) is 0 Å². The first-order valence-electron chi connectivity index (χ1n) is 6.17. The summed E-state index contributed by atoms with van der Waals surface area (Å²) in [5, 5.41) is 13.7. The molecule has 0 atom stereocenters. The quantitative estimate of drug-likeness (QED) is 0.870. The zero-order chi connectivity index (χ0) is 11.4. The van der Waals surface area contributed by atoms with Crippen molar-refractivity contribution in [1.82, 2.24) is 5.32 Å². The molecule has 0 bridgehead atoms. The molecule has 1 fully saturated rings. The Labute approximate surface area is 110 Å². The molecule has 1 saturated heterocycles. The van der Waals surface area contributed by atoms with Crippen LogP contribution in [-0.4, -0.2) is 23.8 Å². The highest BCUT2D eigenvalue weighted by molar-refractivity contribution is 5.85. The van der Waals surface area contributed by atoms with Crippen LogP contribution in [0.15, 0.2) is 24.3 Å². The molecule has 0 amide bonds. The minimum absolute atomic E-state index is 0. The zero-order valence-corrected chi connectivity index (χ0v) is 11.2. The van der Waals surface area contributed by atoms with E-state index in [2.05, 4.69) is 36.5 Å². The second-order valence-electron chi connectivity index (χ2n) is 4.90. The third-order valence-corrected chi connectivity index (χ3v) is 3.66. The van der Waals surface area contributed by atoms with Gasteiger partial charge < -0.3 is 10.4 Å². The number of aliphatic hydroxyl groups is 1. The summed E-state index contributed by atoms with van der Waals surface area (Å²) in [6.45, 7) is 4.04. The molecular weight excluding hydrogens is 234 g/mol. The second-order valence-corrected chi connectivity index (χ2v) is 4.90. The largest absolute Gasteiger partial charge is 0.390 e. The van der Waals surface area contributed by atoms with Crippen LogP contribution >= 0.6 is 12.4 Å². The number of hydrogen-bond donors (Lipinski definition) is 2. The van der Waals surface area contributed by atoms with Gasteiger partial charge in [0.25, 0.3) is 0 Å². The Morgan fingerprint density at radius 2 is 1.88 bits per heavy atom. The molecule has 1 aromatic carbocycles. The Kier molecular flexibility index (Phi) is 5.44. The highest BCUT2D eigenvalue weighted by atomic mass is 35.5. The van der Waals surface area contributed by atoms with Crippen LogP contribution in [-0.2, 0) is 6.42 Å². The lowest BCUT2D eigenvalue weighted by Gasteiger charge is -2.32. The van der Waals surface area contributed by atoms with Gasteiger partial charge in [-0.1, -0.05) is 24.3 Å². The van der Waals surface area contributed by atoms with Crippen LogP contribution in [0.25, 0.3) is 0 Å². The molecule has 0 aromatic heterocycles. The van der Waals surface area contributed by atoms with Crippen LogP contribution < -0.4 is 5.32 Å². The smallest absolute Gasteiger partial charge is 0.0675 e. The van der Waals surface area contributed by atoms with Gasteiger partial charge in [0, 0.05) is 0 Å². The van der Waals surface area contributed by atoms with E-state index in [0.717, 1.165) is 38.8 Å². The van der Waals surface area contributed by atoms with Crippen LogP contribution in [0, 0.1) is 6.92 Å². The SMILES string of the molecule is Cc1ccccc1CCC1(O)CCNCC1.Cl. The van der Waals surface area contributed by atoms with Crippen LogP contribution in [0.3, 0.4) is 0 Å². The van der Waals surface area contributed by atoms with E-state index in [4.69, 9.17) is 0 Å². The Morgan fingerprint density at radius 1 is 1.24 bits per heavy atom. The van der Waals surface area contributed by atoms with Crippen LogP contribution in [0.4, 0.5) is 0 Å². The Morgan fingerprint density at radius 3 is 2.53 bits per heavy atom. The van der Waals surface area contributed by atoms with Crippen molar-refractivity contribution in [2.45, 2.75) is 38.2 Å². The summed E-state index contributed by atoms with van der Waals surface area (Å²) >= 11 is 0. The molecule has 1 aromatic rings.